The number of esters is 4. The fourth-order valence-corrected chi connectivity index (χ4v) is 4.21. The molecule has 260 valence electrons. The molecule has 0 bridgehead atoms. The average molecular weight is 683 g/mol. The van der Waals surface area contributed by atoms with E-state index in [2.05, 4.69) is 15.0 Å². The predicted molar refractivity (Wildman–Crippen MR) is 183 cm³/mol. The Hall–Kier alpha value is -5.88. The second kappa shape index (κ2) is 18.6. The smallest absolute Gasteiger partial charge is 0.343 e. The van der Waals surface area contributed by atoms with Crippen molar-refractivity contribution in [2.45, 2.75) is 27.2 Å². The van der Waals surface area contributed by atoms with Crippen molar-refractivity contribution in [3.05, 3.63) is 113 Å². The second-order valence-corrected chi connectivity index (χ2v) is 11.0. The van der Waals surface area contributed by atoms with Gasteiger partial charge in [0.1, 0.15) is 30.5 Å². The fourth-order valence-electron chi connectivity index (χ4n) is 4.21. The Morgan fingerprint density at radius 3 is 1.80 bits per heavy atom. The number of carbonyl (C=O) groups is 4. The van der Waals surface area contributed by atoms with Crippen LogP contribution in [0.2, 0.25) is 0 Å². The highest BCUT2D eigenvalue weighted by molar-refractivity contribution is 5.93. The van der Waals surface area contributed by atoms with Crippen LogP contribution >= 0.6 is 0 Å². The van der Waals surface area contributed by atoms with Gasteiger partial charge in [-0.3, -0.25) is 4.79 Å². The maximum atomic E-state index is 12.8. The molecule has 0 aromatic heterocycles. The van der Waals surface area contributed by atoms with Gasteiger partial charge in [0.2, 0.25) is 0 Å². The Morgan fingerprint density at radius 2 is 1.18 bits per heavy atom. The fraction of sp³-hybridized carbons (Fsp3) is 0.263. The Balaban J connectivity index is 1.20. The van der Waals surface area contributed by atoms with Crippen LogP contribution in [0.25, 0.3) is 0 Å². The first kappa shape index (κ1) is 36.9. The Labute approximate surface area is 289 Å². The van der Waals surface area contributed by atoms with Crippen molar-refractivity contribution in [1.82, 2.24) is 0 Å². The topological polar surface area (TPSA) is 148 Å². The summed E-state index contributed by atoms with van der Waals surface area (Å²) in [6.07, 6.45) is 0.728. The van der Waals surface area contributed by atoms with E-state index < -0.39 is 17.9 Å². The number of ether oxygens (including phenoxy) is 6. The van der Waals surface area contributed by atoms with Crippen LogP contribution in [-0.2, 0) is 19.0 Å². The summed E-state index contributed by atoms with van der Waals surface area (Å²) in [6, 6.07) is 24.0. The van der Waals surface area contributed by atoms with Crippen LogP contribution in [0.15, 0.2) is 101 Å². The molecule has 12 heteroatoms. The maximum absolute atomic E-state index is 12.8. The van der Waals surface area contributed by atoms with Gasteiger partial charge in [-0.1, -0.05) is 13.8 Å². The third-order valence-corrected chi connectivity index (χ3v) is 7.30. The minimum atomic E-state index is -0.586. The predicted octanol–water partition coefficient (Wildman–Crippen LogP) is 7.62. The molecule has 0 aliphatic carbocycles. The van der Waals surface area contributed by atoms with E-state index in [4.69, 9.17) is 23.7 Å². The highest BCUT2D eigenvalue weighted by atomic mass is 16.6. The number of rotatable bonds is 16. The molecule has 0 aliphatic heterocycles. The highest BCUT2D eigenvalue weighted by Crippen LogP contribution is 2.27. The number of carbonyl (C=O) groups excluding carboxylic acids is 4. The van der Waals surface area contributed by atoms with Gasteiger partial charge in [0.25, 0.3) is 0 Å². The molecule has 12 nitrogen and oxygen atoms in total. The molecule has 1 atom stereocenters. The number of benzene rings is 4. The Morgan fingerprint density at radius 1 is 0.640 bits per heavy atom. The summed E-state index contributed by atoms with van der Waals surface area (Å²) in [5, 5.41) is 8.38. The van der Waals surface area contributed by atoms with Crippen LogP contribution < -0.4 is 14.2 Å². The van der Waals surface area contributed by atoms with E-state index >= 15 is 0 Å². The number of nitrogens with zero attached hydrogens (tertiary/aromatic N) is 2. The maximum Gasteiger partial charge on any atom is 0.343 e. The van der Waals surface area contributed by atoms with Crippen LogP contribution in [0.5, 0.6) is 17.2 Å². The molecule has 50 heavy (non-hydrogen) atoms. The number of hydrogen-bond acceptors (Lipinski definition) is 12. The van der Waals surface area contributed by atoms with Gasteiger partial charge in [-0.05, 0) is 110 Å². The second-order valence-electron chi connectivity index (χ2n) is 11.0. The summed E-state index contributed by atoms with van der Waals surface area (Å²) < 4.78 is 31.9. The highest BCUT2D eigenvalue weighted by Gasteiger charge is 2.14. The zero-order valence-corrected chi connectivity index (χ0v) is 28.3. The van der Waals surface area contributed by atoms with Gasteiger partial charge in [-0.15, -0.1) is 0 Å². The van der Waals surface area contributed by atoms with Crippen molar-refractivity contribution in [2.24, 2.45) is 16.1 Å². The molecule has 1 unspecified atom stereocenters. The van der Waals surface area contributed by atoms with Gasteiger partial charge < -0.3 is 28.4 Å². The van der Waals surface area contributed by atoms with E-state index in [9.17, 15) is 19.2 Å². The third-order valence-electron chi connectivity index (χ3n) is 7.30. The molecule has 0 N–H and O–H groups in total. The van der Waals surface area contributed by atoms with E-state index in [-0.39, 0.29) is 43.0 Å². The lowest BCUT2D eigenvalue weighted by Gasteiger charge is -2.10. The summed E-state index contributed by atoms with van der Waals surface area (Å²) >= 11 is 0. The summed E-state index contributed by atoms with van der Waals surface area (Å²) in [4.78, 5) is 48.7. The van der Waals surface area contributed by atoms with Gasteiger partial charge in [0, 0.05) is 0 Å². The van der Waals surface area contributed by atoms with Crippen molar-refractivity contribution in [3.8, 4) is 17.2 Å². The van der Waals surface area contributed by atoms with Crippen LogP contribution in [0, 0.1) is 12.8 Å². The van der Waals surface area contributed by atoms with E-state index in [0.29, 0.717) is 46.2 Å². The SMILES string of the molecule is CCC(C)C(=O)OCCOCCOc1ccc(C(=O)Oc2ccc(C(=O)Oc3ccc(/N=N/c4ccc(C(=O)OC)cc4)cc3C)cc2)cc1. The minimum absolute atomic E-state index is 0.128. The molecule has 0 amide bonds. The van der Waals surface area contributed by atoms with Crippen LogP contribution in [0.4, 0.5) is 11.4 Å². The number of hydrogen-bond donors (Lipinski definition) is 0. The van der Waals surface area contributed by atoms with E-state index in [1.165, 1.54) is 31.4 Å². The molecule has 0 radical (unpaired) electrons. The summed E-state index contributed by atoms with van der Waals surface area (Å²) in [5.41, 5.74) is 2.76. The third kappa shape index (κ3) is 11.1. The average Bonchev–Trinajstić information content (AvgIpc) is 3.14. The summed E-state index contributed by atoms with van der Waals surface area (Å²) in [6.45, 7) is 6.59. The molecule has 0 spiro atoms. The molecule has 0 saturated heterocycles. The largest absolute Gasteiger partial charge is 0.491 e. The summed E-state index contributed by atoms with van der Waals surface area (Å²) in [5.74, 6) is -0.801. The molecular formula is C38H38N2O10. The van der Waals surface area contributed by atoms with Crippen molar-refractivity contribution in [3.63, 3.8) is 0 Å². The number of aryl methyl sites for hydroxylation is 1. The lowest BCUT2D eigenvalue weighted by Crippen LogP contribution is -2.18. The van der Waals surface area contributed by atoms with E-state index in [0.717, 1.165) is 6.42 Å². The first-order valence-corrected chi connectivity index (χ1v) is 15.9. The molecule has 4 rings (SSSR count). The minimum Gasteiger partial charge on any atom is -0.491 e. The van der Waals surface area contributed by atoms with Gasteiger partial charge in [-0.25, -0.2) is 14.4 Å². The normalized spacial score (nSPS) is 11.4. The Bertz CT molecular complexity index is 1790. The lowest BCUT2D eigenvalue weighted by atomic mass is 10.1. The molecule has 0 aliphatic rings. The molecule has 4 aromatic carbocycles. The first-order chi connectivity index (χ1) is 24.2. The van der Waals surface area contributed by atoms with Gasteiger partial charge in [-0.2, -0.15) is 10.2 Å². The zero-order valence-electron chi connectivity index (χ0n) is 28.3. The lowest BCUT2D eigenvalue weighted by molar-refractivity contribution is -0.149. The van der Waals surface area contributed by atoms with Crippen LogP contribution in [0.1, 0.15) is 56.9 Å². The monoisotopic (exact) mass is 682 g/mol. The van der Waals surface area contributed by atoms with Gasteiger partial charge in [0.05, 0.1) is 54.3 Å². The van der Waals surface area contributed by atoms with Crippen molar-refractivity contribution >= 4 is 35.3 Å². The molecule has 0 saturated carbocycles. The quantitative estimate of drug-likeness (QED) is 0.0500. The molecular weight excluding hydrogens is 644 g/mol. The standard InChI is InChI=1S/C38H38N2O10/c1-5-25(2)35(41)48-23-21-46-20-22-47-32-15-8-28(9-16-32)37(43)49-33-17-10-29(11-18-33)38(44)50-34-19-14-31(24-26(34)3)40-39-30-12-6-27(7-13-30)36(42)45-4/h6-19,24-25H,5,20-23H2,1-4H3/b40-39+. The van der Waals surface area contributed by atoms with E-state index in [1.54, 1.807) is 73.7 Å². The zero-order chi connectivity index (χ0) is 35.9. The van der Waals surface area contributed by atoms with Crippen molar-refractivity contribution in [2.75, 3.05) is 33.5 Å². The Kier molecular flexibility index (Phi) is 13.7. The molecule has 0 heterocycles. The van der Waals surface area contributed by atoms with Gasteiger partial charge >= 0.3 is 23.9 Å². The molecule has 0 fully saturated rings. The van der Waals surface area contributed by atoms with Crippen molar-refractivity contribution < 1.29 is 47.6 Å². The summed E-state index contributed by atoms with van der Waals surface area (Å²) in [7, 11) is 1.32. The number of azo groups is 1. The van der Waals surface area contributed by atoms with Crippen LogP contribution in [-0.4, -0.2) is 57.4 Å². The first-order valence-electron chi connectivity index (χ1n) is 15.9. The van der Waals surface area contributed by atoms with E-state index in [1.807, 2.05) is 13.8 Å². The van der Waals surface area contributed by atoms with Gasteiger partial charge in [0.15, 0.2) is 0 Å². The van der Waals surface area contributed by atoms with Crippen molar-refractivity contribution in [1.29, 1.82) is 0 Å². The van der Waals surface area contributed by atoms with Crippen LogP contribution in [0.3, 0.4) is 0 Å². The number of methoxy groups -OCH3 is 1. The molecule has 4 aromatic rings.